The molecule has 2 rings (SSSR count). The normalized spacial score (nSPS) is 30.4. The Morgan fingerprint density at radius 2 is 2.06 bits per heavy atom. The van der Waals surface area contributed by atoms with Gasteiger partial charge in [-0.1, -0.05) is 19.3 Å². The van der Waals surface area contributed by atoms with Gasteiger partial charge in [-0.25, -0.2) is 0 Å². The van der Waals surface area contributed by atoms with Crippen LogP contribution < -0.4 is 0 Å². The molecule has 0 aromatic heterocycles. The number of carbonyl (C=O) groups is 1. The molecule has 0 aromatic carbocycles. The fourth-order valence-electron chi connectivity index (χ4n) is 3.03. The molecule has 0 spiro atoms. The number of nitrogens with zero attached hydrogens (tertiary/aromatic N) is 1. The van der Waals surface area contributed by atoms with Gasteiger partial charge in [-0.05, 0) is 25.7 Å². The van der Waals surface area contributed by atoms with Crippen molar-refractivity contribution in [2.75, 3.05) is 19.8 Å². The summed E-state index contributed by atoms with van der Waals surface area (Å²) in [5.41, 5.74) is 0. The van der Waals surface area contributed by atoms with Crippen LogP contribution in [0.1, 0.15) is 45.4 Å². The summed E-state index contributed by atoms with van der Waals surface area (Å²) < 4.78 is 5.47. The van der Waals surface area contributed by atoms with E-state index in [9.17, 15) is 4.79 Å². The maximum absolute atomic E-state index is 12.3. The van der Waals surface area contributed by atoms with Gasteiger partial charge >= 0.3 is 0 Å². The summed E-state index contributed by atoms with van der Waals surface area (Å²) in [4.78, 5) is 14.2. The maximum Gasteiger partial charge on any atom is 0.223 e. The molecule has 18 heavy (non-hydrogen) atoms. The molecule has 2 unspecified atom stereocenters. The van der Waals surface area contributed by atoms with Crippen molar-refractivity contribution in [1.29, 1.82) is 0 Å². The van der Waals surface area contributed by atoms with Crippen LogP contribution in [0.15, 0.2) is 0 Å². The van der Waals surface area contributed by atoms with Gasteiger partial charge in [-0.3, -0.25) is 4.79 Å². The van der Waals surface area contributed by atoms with Gasteiger partial charge in [0.05, 0.1) is 25.4 Å². The lowest BCUT2D eigenvalue weighted by atomic mass is 9.86. The first-order valence-corrected chi connectivity index (χ1v) is 7.22. The van der Waals surface area contributed by atoms with Crippen molar-refractivity contribution in [2.45, 2.75) is 57.6 Å². The van der Waals surface area contributed by atoms with Crippen molar-refractivity contribution in [3.63, 3.8) is 0 Å². The van der Waals surface area contributed by atoms with Gasteiger partial charge in [0.25, 0.3) is 0 Å². The fourth-order valence-corrected chi connectivity index (χ4v) is 3.03. The fraction of sp³-hybridized carbons (Fsp3) is 0.929. The van der Waals surface area contributed by atoms with Gasteiger partial charge in [0.1, 0.15) is 0 Å². The molecule has 1 saturated carbocycles. The molecule has 1 N–H and O–H groups in total. The van der Waals surface area contributed by atoms with Gasteiger partial charge in [0.15, 0.2) is 0 Å². The van der Waals surface area contributed by atoms with Crippen molar-refractivity contribution in [1.82, 2.24) is 4.90 Å². The minimum absolute atomic E-state index is 0.0000709. The Morgan fingerprint density at radius 1 is 1.33 bits per heavy atom. The van der Waals surface area contributed by atoms with E-state index in [1.54, 1.807) is 0 Å². The minimum Gasteiger partial charge on any atom is -0.394 e. The number of aliphatic hydroxyl groups excluding tert-OH is 1. The summed E-state index contributed by atoms with van der Waals surface area (Å²) in [5, 5.41) is 9.14. The van der Waals surface area contributed by atoms with Crippen LogP contribution in [0.3, 0.4) is 0 Å². The van der Waals surface area contributed by atoms with Crippen LogP contribution in [-0.4, -0.2) is 47.8 Å². The number of hydrogen-bond acceptors (Lipinski definition) is 3. The molecule has 1 aliphatic heterocycles. The second-order valence-electron chi connectivity index (χ2n) is 5.74. The lowest BCUT2D eigenvalue weighted by Gasteiger charge is -2.38. The molecule has 2 atom stereocenters. The molecule has 4 nitrogen and oxygen atoms in total. The van der Waals surface area contributed by atoms with Gasteiger partial charge in [0, 0.05) is 13.0 Å². The van der Waals surface area contributed by atoms with Crippen molar-refractivity contribution in [2.24, 2.45) is 5.92 Å². The van der Waals surface area contributed by atoms with Gasteiger partial charge in [0.2, 0.25) is 5.91 Å². The van der Waals surface area contributed by atoms with Crippen LogP contribution >= 0.6 is 0 Å². The van der Waals surface area contributed by atoms with Gasteiger partial charge in [-0.15, -0.1) is 0 Å². The second kappa shape index (κ2) is 6.53. The van der Waals surface area contributed by atoms with Crippen LogP contribution in [0.5, 0.6) is 0 Å². The highest BCUT2D eigenvalue weighted by atomic mass is 16.5. The second-order valence-corrected chi connectivity index (χ2v) is 5.74. The number of rotatable bonds is 3. The molecular weight excluding hydrogens is 230 g/mol. The zero-order chi connectivity index (χ0) is 13.0. The average molecular weight is 255 g/mol. The van der Waals surface area contributed by atoms with Crippen LogP contribution in [0, 0.1) is 5.92 Å². The first kappa shape index (κ1) is 13.8. The molecule has 2 fully saturated rings. The molecule has 0 bridgehead atoms. The van der Waals surface area contributed by atoms with Crippen molar-refractivity contribution in [3.8, 4) is 0 Å². The molecule has 1 heterocycles. The van der Waals surface area contributed by atoms with E-state index in [1.807, 2.05) is 11.8 Å². The zero-order valence-corrected chi connectivity index (χ0v) is 11.3. The van der Waals surface area contributed by atoms with Crippen LogP contribution in [0.4, 0.5) is 0 Å². The molecule has 1 saturated heterocycles. The lowest BCUT2D eigenvalue weighted by molar-refractivity contribution is -0.147. The van der Waals surface area contributed by atoms with Crippen LogP contribution in [-0.2, 0) is 9.53 Å². The molecule has 2 aliphatic rings. The average Bonchev–Trinajstić information content (AvgIpc) is 2.40. The Morgan fingerprint density at radius 3 is 2.72 bits per heavy atom. The molecule has 4 heteroatoms. The van der Waals surface area contributed by atoms with Gasteiger partial charge in [-0.2, -0.15) is 0 Å². The first-order valence-electron chi connectivity index (χ1n) is 7.22. The number of carbonyl (C=O) groups excluding carboxylic acids is 1. The third kappa shape index (κ3) is 3.45. The highest BCUT2D eigenvalue weighted by Crippen LogP contribution is 2.27. The predicted molar refractivity (Wildman–Crippen MR) is 69.2 cm³/mol. The van der Waals surface area contributed by atoms with E-state index in [-0.39, 0.29) is 24.7 Å². The molecule has 0 radical (unpaired) electrons. The Labute approximate surface area is 109 Å². The van der Waals surface area contributed by atoms with Crippen molar-refractivity contribution < 1.29 is 14.6 Å². The highest BCUT2D eigenvalue weighted by Gasteiger charge is 2.30. The number of hydrogen-bond donors (Lipinski definition) is 1. The van der Waals surface area contributed by atoms with E-state index < -0.39 is 0 Å². The summed E-state index contributed by atoms with van der Waals surface area (Å²) in [6, 6.07) is 0.142. The van der Waals surface area contributed by atoms with Gasteiger partial charge < -0.3 is 14.7 Å². The Kier molecular flexibility index (Phi) is 5.01. The van der Waals surface area contributed by atoms with E-state index >= 15 is 0 Å². The number of amides is 1. The number of morpholine rings is 1. The molecule has 0 aromatic rings. The van der Waals surface area contributed by atoms with Crippen molar-refractivity contribution >= 4 is 5.91 Å². The highest BCUT2D eigenvalue weighted by molar-refractivity contribution is 5.77. The third-order valence-corrected chi connectivity index (χ3v) is 4.22. The molecule has 1 aliphatic carbocycles. The molecular formula is C14H25NO3. The van der Waals surface area contributed by atoms with E-state index in [4.69, 9.17) is 9.84 Å². The summed E-state index contributed by atoms with van der Waals surface area (Å²) >= 11 is 0. The molecule has 1 amide bonds. The van der Waals surface area contributed by atoms with Crippen LogP contribution in [0.25, 0.3) is 0 Å². The quantitative estimate of drug-likeness (QED) is 0.832. The lowest BCUT2D eigenvalue weighted by Crippen LogP contribution is -2.52. The maximum atomic E-state index is 12.3. The summed E-state index contributed by atoms with van der Waals surface area (Å²) in [6.07, 6.45) is 6.76. The summed E-state index contributed by atoms with van der Waals surface area (Å²) in [5.74, 6) is 0.824. The topological polar surface area (TPSA) is 49.8 Å². The van der Waals surface area contributed by atoms with E-state index in [0.29, 0.717) is 25.5 Å². The third-order valence-electron chi connectivity index (χ3n) is 4.22. The Balaban J connectivity index is 1.85. The summed E-state index contributed by atoms with van der Waals surface area (Å²) in [7, 11) is 0. The van der Waals surface area contributed by atoms with E-state index in [2.05, 4.69) is 0 Å². The zero-order valence-electron chi connectivity index (χ0n) is 11.3. The first-order chi connectivity index (χ1) is 8.70. The molecule has 104 valence electrons. The summed E-state index contributed by atoms with van der Waals surface area (Å²) in [6.45, 7) is 3.11. The SMILES string of the molecule is CC1COC(CO)CN1C(=O)CC1CCCCC1. The largest absolute Gasteiger partial charge is 0.394 e. The smallest absolute Gasteiger partial charge is 0.223 e. The van der Waals surface area contributed by atoms with Crippen LogP contribution in [0.2, 0.25) is 0 Å². The van der Waals surface area contributed by atoms with E-state index in [1.165, 1.54) is 32.1 Å². The standard InChI is InChI=1S/C14H25NO3/c1-11-10-18-13(9-16)8-15(11)14(17)7-12-5-3-2-4-6-12/h11-13,16H,2-10H2,1H3. The van der Waals surface area contributed by atoms with Crippen molar-refractivity contribution in [3.05, 3.63) is 0 Å². The number of ether oxygens (including phenoxy) is 1. The van der Waals surface area contributed by atoms with E-state index in [0.717, 1.165) is 0 Å². The predicted octanol–water partition coefficient (Wildman–Crippen LogP) is 1.56. The monoisotopic (exact) mass is 255 g/mol. The number of aliphatic hydroxyl groups is 1. The Hall–Kier alpha value is -0.610. The minimum atomic E-state index is -0.198. The Bertz CT molecular complexity index is 276.